The third-order valence-electron chi connectivity index (χ3n) is 6.30. The summed E-state index contributed by atoms with van der Waals surface area (Å²) in [6.07, 6.45) is 3.91. The molecule has 4 aromatic rings. The lowest BCUT2D eigenvalue weighted by Gasteiger charge is -2.31. The van der Waals surface area contributed by atoms with Gasteiger partial charge >= 0.3 is 0 Å². The number of ether oxygens (including phenoxy) is 1. The number of thiazole rings is 1. The smallest absolute Gasteiger partial charge is 0.281 e. The molecule has 2 bridgehead atoms. The molecule has 3 atom stereocenters. The Bertz CT molecular complexity index is 1250. The summed E-state index contributed by atoms with van der Waals surface area (Å²) in [6, 6.07) is 12.7. The van der Waals surface area contributed by atoms with Gasteiger partial charge in [0.25, 0.3) is 5.19 Å². The van der Waals surface area contributed by atoms with Crippen LogP contribution in [0.25, 0.3) is 21.3 Å². The van der Waals surface area contributed by atoms with Gasteiger partial charge < -0.3 is 14.5 Å². The SMILES string of the molecule is CC(=O)NC1CC2CC1CN2Cc1cc2ccc(Oc3nc4ncccc4s3)cc2o1. The topological polar surface area (TPSA) is 80.5 Å². The number of fused-ring (bicyclic) bond motifs is 4. The Morgan fingerprint density at radius 1 is 1.32 bits per heavy atom. The van der Waals surface area contributed by atoms with E-state index < -0.39 is 0 Å². The van der Waals surface area contributed by atoms with E-state index in [2.05, 4.69) is 26.3 Å². The first-order valence-electron chi connectivity index (χ1n) is 10.5. The minimum Gasteiger partial charge on any atom is -0.460 e. The van der Waals surface area contributed by atoms with E-state index >= 15 is 0 Å². The van der Waals surface area contributed by atoms with Crippen molar-refractivity contribution < 1.29 is 13.9 Å². The highest BCUT2D eigenvalue weighted by atomic mass is 32.1. The molecule has 2 aliphatic rings. The minimum atomic E-state index is 0.0708. The van der Waals surface area contributed by atoms with Gasteiger partial charge in [-0.1, -0.05) is 11.3 Å². The Balaban J connectivity index is 1.16. The Labute approximate surface area is 183 Å². The van der Waals surface area contributed by atoms with Crippen molar-refractivity contribution in [3.05, 3.63) is 48.4 Å². The Morgan fingerprint density at radius 3 is 3.06 bits per heavy atom. The van der Waals surface area contributed by atoms with Gasteiger partial charge in [-0.25, -0.2) is 4.98 Å². The fourth-order valence-corrected chi connectivity index (χ4v) is 5.77. The Kier molecular flexibility index (Phi) is 4.43. The average molecular weight is 435 g/mol. The van der Waals surface area contributed by atoms with Crippen molar-refractivity contribution in [2.75, 3.05) is 6.54 Å². The van der Waals surface area contributed by atoms with Crippen LogP contribution in [0.2, 0.25) is 0 Å². The number of carbonyl (C=O) groups is 1. The molecule has 3 unspecified atom stereocenters. The van der Waals surface area contributed by atoms with Crippen LogP contribution in [0.3, 0.4) is 0 Å². The number of hydrogen-bond acceptors (Lipinski definition) is 7. The van der Waals surface area contributed by atoms with Crippen molar-refractivity contribution >= 4 is 38.6 Å². The molecule has 1 aromatic carbocycles. The maximum Gasteiger partial charge on any atom is 0.281 e. The van der Waals surface area contributed by atoms with Crippen LogP contribution < -0.4 is 10.1 Å². The van der Waals surface area contributed by atoms with Gasteiger partial charge in [0.05, 0.1) is 11.2 Å². The highest BCUT2D eigenvalue weighted by molar-refractivity contribution is 7.20. The average Bonchev–Trinajstić information content (AvgIpc) is 3.49. The second kappa shape index (κ2) is 7.32. The van der Waals surface area contributed by atoms with Crippen LogP contribution in [-0.2, 0) is 11.3 Å². The summed E-state index contributed by atoms with van der Waals surface area (Å²) in [7, 11) is 0. The fourth-order valence-electron chi connectivity index (χ4n) is 4.98. The second-order valence-electron chi connectivity index (χ2n) is 8.44. The van der Waals surface area contributed by atoms with Gasteiger partial charge in [-0.05, 0) is 49.1 Å². The summed E-state index contributed by atoms with van der Waals surface area (Å²) in [5.41, 5.74) is 1.51. The molecule has 158 valence electrons. The van der Waals surface area contributed by atoms with E-state index in [1.165, 1.54) is 11.3 Å². The van der Waals surface area contributed by atoms with Crippen LogP contribution >= 0.6 is 11.3 Å². The quantitative estimate of drug-likeness (QED) is 0.504. The van der Waals surface area contributed by atoms with Crippen molar-refractivity contribution in [3.8, 4) is 10.9 Å². The predicted molar refractivity (Wildman–Crippen MR) is 118 cm³/mol. The Morgan fingerprint density at radius 2 is 2.26 bits per heavy atom. The van der Waals surface area contributed by atoms with E-state index in [4.69, 9.17) is 9.15 Å². The first-order valence-corrected chi connectivity index (χ1v) is 11.4. The summed E-state index contributed by atoms with van der Waals surface area (Å²) >= 11 is 1.48. The highest BCUT2D eigenvalue weighted by Crippen LogP contribution is 2.39. The highest BCUT2D eigenvalue weighted by Gasteiger charge is 2.44. The molecule has 0 radical (unpaired) electrons. The molecule has 1 N–H and O–H groups in total. The number of likely N-dealkylation sites (tertiary alicyclic amines) is 1. The van der Waals surface area contributed by atoms with Gasteiger partial charge in [-0.3, -0.25) is 9.69 Å². The number of nitrogens with one attached hydrogen (secondary N) is 1. The monoisotopic (exact) mass is 434 g/mol. The van der Waals surface area contributed by atoms with E-state index in [0.29, 0.717) is 34.6 Å². The number of benzene rings is 1. The van der Waals surface area contributed by atoms with E-state index in [1.807, 2.05) is 30.3 Å². The lowest BCUT2D eigenvalue weighted by atomic mass is 10.0. The second-order valence-corrected chi connectivity index (χ2v) is 9.43. The van der Waals surface area contributed by atoms with Crippen LogP contribution in [0.5, 0.6) is 10.9 Å². The summed E-state index contributed by atoms with van der Waals surface area (Å²) in [5.74, 6) is 2.27. The maximum atomic E-state index is 11.4. The van der Waals surface area contributed by atoms with E-state index in [1.54, 1.807) is 13.1 Å². The molecule has 6 rings (SSSR count). The zero-order valence-corrected chi connectivity index (χ0v) is 17.9. The van der Waals surface area contributed by atoms with Gasteiger partial charge in [-0.2, -0.15) is 4.98 Å². The summed E-state index contributed by atoms with van der Waals surface area (Å²) < 4.78 is 13.1. The molecule has 1 saturated carbocycles. The van der Waals surface area contributed by atoms with E-state index in [9.17, 15) is 4.79 Å². The molecule has 7 nitrogen and oxygen atoms in total. The third kappa shape index (κ3) is 3.55. The third-order valence-corrected chi connectivity index (χ3v) is 7.18. The van der Waals surface area contributed by atoms with E-state index in [0.717, 1.165) is 47.4 Å². The molecular weight excluding hydrogens is 412 g/mol. The summed E-state index contributed by atoms with van der Waals surface area (Å²) in [5, 5.41) is 4.74. The molecule has 1 amide bonds. The number of hydrogen-bond donors (Lipinski definition) is 1. The van der Waals surface area contributed by atoms with E-state index in [-0.39, 0.29) is 5.91 Å². The van der Waals surface area contributed by atoms with Crippen molar-refractivity contribution in [1.82, 2.24) is 20.2 Å². The maximum absolute atomic E-state index is 11.4. The number of carbonyl (C=O) groups excluding carboxylic acids is 1. The van der Waals surface area contributed by atoms with Crippen LogP contribution in [0.1, 0.15) is 25.5 Å². The normalized spacial score (nSPS) is 23.1. The molecule has 1 saturated heterocycles. The number of rotatable bonds is 5. The molecule has 1 aliphatic carbocycles. The molecule has 1 aliphatic heterocycles. The van der Waals surface area contributed by atoms with Crippen LogP contribution in [0.15, 0.2) is 47.0 Å². The fraction of sp³-hybridized carbons (Fsp3) is 0.348. The van der Waals surface area contributed by atoms with Crippen molar-refractivity contribution in [2.24, 2.45) is 5.92 Å². The van der Waals surface area contributed by atoms with Gasteiger partial charge in [0.1, 0.15) is 17.1 Å². The first-order chi connectivity index (χ1) is 15.1. The number of furan rings is 1. The van der Waals surface area contributed by atoms with Gasteiger partial charge in [-0.15, -0.1) is 0 Å². The van der Waals surface area contributed by atoms with Crippen LogP contribution in [0, 0.1) is 5.92 Å². The molecule has 3 aromatic heterocycles. The molecule has 4 heterocycles. The molecular formula is C23H22N4O3S. The van der Waals surface area contributed by atoms with Gasteiger partial charge in [0.2, 0.25) is 5.91 Å². The zero-order chi connectivity index (χ0) is 20.9. The van der Waals surface area contributed by atoms with Gasteiger partial charge in [0, 0.05) is 43.2 Å². The van der Waals surface area contributed by atoms with Crippen LogP contribution in [0.4, 0.5) is 0 Å². The Hall–Kier alpha value is -2.97. The van der Waals surface area contributed by atoms with Gasteiger partial charge in [0.15, 0.2) is 5.65 Å². The largest absolute Gasteiger partial charge is 0.460 e. The van der Waals surface area contributed by atoms with Crippen molar-refractivity contribution in [1.29, 1.82) is 0 Å². The lowest BCUT2D eigenvalue weighted by molar-refractivity contribution is -0.120. The number of aromatic nitrogens is 2. The zero-order valence-electron chi connectivity index (χ0n) is 17.1. The summed E-state index contributed by atoms with van der Waals surface area (Å²) in [6.45, 7) is 3.40. The lowest BCUT2D eigenvalue weighted by Crippen LogP contribution is -2.44. The number of amides is 1. The molecule has 2 fully saturated rings. The summed E-state index contributed by atoms with van der Waals surface area (Å²) in [4.78, 5) is 22.5. The van der Waals surface area contributed by atoms with Crippen LogP contribution in [-0.4, -0.2) is 39.4 Å². The molecule has 0 spiro atoms. The first kappa shape index (κ1) is 18.8. The molecule has 8 heteroatoms. The molecule has 31 heavy (non-hydrogen) atoms. The number of pyridine rings is 1. The minimum absolute atomic E-state index is 0.0708. The number of nitrogens with zero attached hydrogens (tertiary/aromatic N) is 3. The standard InChI is InChI=1S/C23H22N4O3S/c1-13(28)25-19-9-16-7-15(19)11-27(16)12-18-8-14-4-5-17(10-20(14)29-18)30-23-26-22-21(31-23)3-2-6-24-22/h2-6,8,10,15-16,19H,7,9,11-12H2,1H3,(H,25,28). The van der Waals surface area contributed by atoms with Crippen molar-refractivity contribution in [2.45, 2.75) is 38.4 Å². The number of piperidine rings is 1. The van der Waals surface area contributed by atoms with Crippen molar-refractivity contribution in [3.63, 3.8) is 0 Å². The predicted octanol–water partition coefficient (Wildman–Crippen LogP) is 4.33.